The lowest BCUT2D eigenvalue weighted by Crippen LogP contribution is -2.43. The number of piperazine rings is 1. The molecule has 2 N–H and O–H groups in total. The zero-order chi connectivity index (χ0) is 18.9. The van der Waals surface area contributed by atoms with Crippen LogP contribution in [0.4, 0.5) is 15.8 Å². The number of sulfonamides is 1. The van der Waals surface area contributed by atoms with Crippen molar-refractivity contribution in [3.05, 3.63) is 66.5 Å². The summed E-state index contributed by atoms with van der Waals surface area (Å²) >= 11 is 0. The van der Waals surface area contributed by atoms with E-state index in [1.54, 1.807) is 6.07 Å². The van der Waals surface area contributed by atoms with Gasteiger partial charge in [0, 0.05) is 48.3 Å². The predicted octanol–water partition coefficient (Wildman–Crippen LogP) is 3.19. The highest BCUT2D eigenvalue weighted by molar-refractivity contribution is 7.93. The van der Waals surface area contributed by atoms with Gasteiger partial charge in [-0.1, -0.05) is 24.3 Å². The predicted molar refractivity (Wildman–Crippen MR) is 106 cm³/mol. The molecule has 0 aromatic heterocycles. The van der Waals surface area contributed by atoms with Crippen LogP contribution in [0.2, 0.25) is 0 Å². The molecular weight excluding hydrogens is 365 g/mol. The van der Waals surface area contributed by atoms with Crippen LogP contribution in [0, 0.1) is 5.82 Å². The molecule has 0 saturated carbocycles. The SMILES string of the molecule is O=S(=O)(Nc1ccc(F)cc1)c1ccc(N2CCNCC2)c2ccccc12. The monoisotopic (exact) mass is 385 g/mol. The van der Waals surface area contributed by atoms with Gasteiger partial charge in [0.05, 0.1) is 4.90 Å². The molecule has 1 heterocycles. The van der Waals surface area contributed by atoms with Crippen molar-refractivity contribution < 1.29 is 12.8 Å². The van der Waals surface area contributed by atoms with Gasteiger partial charge in [0.15, 0.2) is 0 Å². The Morgan fingerprint density at radius 2 is 1.56 bits per heavy atom. The lowest BCUT2D eigenvalue weighted by atomic mass is 10.1. The Balaban J connectivity index is 1.76. The standard InChI is InChI=1S/C20H20FN3O2S/c21-15-5-7-16(8-6-15)23-27(25,26)20-10-9-19(24-13-11-22-12-14-24)17-3-1-2-4-18(17)20/h1-10,22-23H,11-14H2. The molecule has 4 rings (SSSR count). The highest BCUT2D eigenvalue weighted by Gasteiger charge is 2.21. The summed E-state index contributed by atoms with van der Waals surface area (Å²) in [6.07, 6.45) is 0. The van der Waals surface area contributed by atoms with Crippen LogP contribution >= 0.6 is 0 Å². The van der Waals surface area contributed by atoms with Crippen molar-refractivity contribution >= 4 is 32.2 Å². The van der Waals surface area contributed by atoms with Crippen molar-refractivity contribution in [1.82, 2.24) is 5.32 Å². The van der Waals surface area contributed by atoms with Gasteiger partial charge in [-0.25, -0.2) is 12.8 Å². The van der Waals surface area contributed by atoms with Gasteiger partial charge < -0.3 is 10.2 Å². The second-order valence-corrected chi connectivity index (χ2v) is 8.13. The second-order valence-electron chi connectivity index (χ2n) is 6.48. The third-order valence-electron chi connectivity index (χ3n) is 4.70. The number of hydrogen-bond donors (Lipinski definition) is 2. The Bertz CT molecular complexity index is 1060. The van der Waals surface area contributed by atoms with E-state index in [1.807, 2.05) is 30.3 Å². The van der Waals surface area contributed by atoms with E-state index in [0.717, 1.165) is 37.3 Å². The van der Waals surface area contributed by atoms with Crippen LogP contribution in [0.1, 0.15) is 0 Å². The Labute approximate surface area is 157 Å². The van der Waals surface area contributed by atoms with E-state index in [4.69, 9.17) is 0 Å². The topological polar surface area (TPSA) is 61.4 Å². The molecule has 7 heteroatoms. The number of benzene rings is 3. The summed E-state index contributed by atoms with van der Waals surface area (Å²) in [7, 11) is -3.80. The second kappa shape index (κ2) is 7.17. The smallest absolute Gasteiger partial charge is 0.262 e. The van der Waals surface area contributed by atoms with Crippen LogP contribution in [0.5, 0.6) is 0 Å². The van der Waals surface area contributed by atoms with E-state index >= 15 is 0 Å². The summed E-state index contributed by atoms with van der Waals surface area (Å²) in [5, 5.41) is 4.90. The number of rotatable bonds is 4. The fourth-order valence-electron chi connectivity index (χ4n) is 3.40. The summed E-state index contributed by atoms with van der Waals surface area (Å²) in [4.78, 5) is 2.48. The summed E-state index contributed by atoms with van der Waals surface area (Å²) in [5.41, 5.74) is 1.36. The molecule has 0 bridgehead atoms. The van der Waals surface area contributed by atoms with Crippen molar-refractivity contribution in [2.45, 2.75) is 4.90 Å². The van der Waals surface area contributed by atoms with Gasteiger partial charge in [-0.2, -0.15) is 0 Å². The normalized spacial score (nSPS) is 15.1. The lowest BCUT2D eigenvalue weighted by Gasteiger charge is -2.30. The van der Waals surface area contributed by atoms with Gasteiger partial charge >= 0.3 is 0 Å². The molecule has 0 amide bonds. The number of hydrogen-bond acceptors (Lipinski definition) is 4. The number of fused-ring (bicyclic) bond motifs is 1. The fraction of sp³-hybridized carbons (Fsp3) is 0.200. The maximum atomic E-state index is 13.1. The molecule has 0 atom stereocenters. The van der Waals surface area contributed by atoms with Crippen LogP contribution in [0.25, 0.3) is 10.8 Å². The summed E-state index contributed by atoms with van der Waals surface area (Å²) in [6.45, 7) is 3.56. The van der Waals surface area contributed by atoms with Gasteiger partial charge in [-0.05, 0) is 36.4 Å². The van der Waals surface area contributed by atoms with Gasteiger partial charge in [-0.3, -0.25) is 4.72 Å². The Hall–Kier alpha value is -2.64. The van der Waals surface area contributed by atoms with Gasteiger partial charge in [-0.15, -0.1) is 0 Å². The minimum absolute atomic E-state index is 0.210. The zero-order valence-electron chi connectivity index (χ0n) is 14.7. The lowest BCUT2D eigenvalue weighted by molar-refractivity contribution is 0.590. The molecule has 0 spiro atoms. The van der Waals surface area contributed by atoms with E-state index in [0.29, 0.717) is 11.1 Å². The van der Waals surface area contributed by atoms with E-state index in [1.165, 1.54) is 24.3 Å². The van der Waals surface area contributed by atoms with Gasteiger partial charge in [0.25, 0.3) is 10.0 Å². The average molecular weight is 385 g/mol. The van der Waals surface area contributed by atoms with Gasteiger partial charge in [0.1, 0.15) is 5.82 Å². The first-order valence-electron chi connectivity index (χ1n) is 8.80. The zero-order valence-corrected chi connectivity index (χ0v) is 15.5. The van der Waals surface area contributed by atoms with Crippen molar-refractivity contribution in [1.29, 1.82) is 0 Å². The van der Waals surface area contributed by atoms with E-state index < -0.39 is 15.8 Å². The average Bonchev–Trinajstić information content (AvgIpc) is 2.69. The Kier molecular flexibility index (Phi) is 4.72. The molecule has 27 heavy (non-hydrogen) atoms. The van der Waals surface area contributed by atoms with Crippen LogP contribution in [0.15, 0.2) is 65.6 Å². The van der Waals surface area contributed by atoms with Crippen molar-refractivity contribution in [2.24, 2.45) is 0 Å². The largest absolute Gasteiger partial charge is 0.368 e. The molecule has 5 nitrogen and oxygen atoms in total. The molecular formula is C20H20FN3O2S. The molecule has 140 valence electrons. The maximum absolute atomic E-state index is 13.1. The highest BCUT2D eigenvalue weighted by atomic mass is 32.2. The summed E-state index contributed by atoms with van der Waals surface area (Å²) in [6, 6.07) is 16.3. The molecule has 1 aliphatic heterocycles. The minimum atomic E-state index is -3.80. The quantitative estimate of drug-likeness (QED) is 0.724. The first kappa shape index (κ1) is 17.8. The first-order chi connectivity index (χ1) is 13.0. The summed E-state index contributed by atoms with van der Waals surface area (Å²) < 4.78 is 41.5. The number of anilines is 2. The minimum Gasteiger partial charge on any atom is -0.368 e. The fourth-order valence-corrected chi connectivity index (χ4v) is 4.67. The van der Waals surface area contributed by atoms with Crippen LogP contribution in [0.3, 0.4) is 0 Å². The third kappa shape index (κ3) is 3.61. The molecule has 3 aromatic carbocycles. The highest BCUT2D eigenvalue weighted by Crippen LogP contribution is 2.32. The van der Waals surface area contributed by atoms with Crippen LogP contribution < -0.4 is 14.9 Å². The van der Waals surface area contributed by atoms with Crippen molar-refractivity contribution in [3.8, 4) is 0 Å². The molecule has 1 fully saturated rings. The molecule has 0 unspecified atom stereocenters. The third-order valence-corrected chi connectivity index (χ3v) is 6.14. The maximum Gasteiger partial charge on any atom is 0.262 e. The van der Waals surface area contributed by atoms with Gasteiger partial charge in [0.2, 0.25) is 0 Å². The van der Waals surface area contributed by atoms with Crippen LogP contribution in [-0.4, -0.2) is 34.6 Å². The Morgan fingerprint density at radius 1 is 0.889 bits per heavy atom. The number of nitrogens with zero attached hydrogens (tertiary/aromatic N) is 1. The van der Waals surface area contributed by atoms with Crippen molar-refractivity contribution in [2.75, 3.05) is 35.8 Å². The number of nitrogens with one attached hydrogen (secondary N) is 2. The number of halogens is 1. The van der Waals surface area contributed by atoms with E-state index in [2.05, 4.69) is 14.9 Å². The Morgan fingerprint density at radius 3 is 2.26 bits per heavy atom. The molecule has 3 aromatic rings. The molecule has 0 radical (unpaired) electrons. The summed E-state index contributed by atoms with van der Waals surface area (Å²) in [5.74, 6) is -0.413. The molecule has 1 saturated heterocycles. The molecule has 0 aliphatic carbocycles. The van der Waals surface area contributed by atoms with Crippen molar-refractivity contribution in [3.63, 3.8) is 0 Å². The van der Waals surface area contributed by atoms with E-state index in [9.17, 15) is 12.8 Å². The molecule has 1 aliphatic rings. The first-order valence-corrected chi connectivity index (χ1v) is 10.3. The van der Waals surface area contributed by atoms with E-state index in [-0.39, 0.29) is 4.90 Å². The van der Waals surface area contributed by atoms with Crippen LogP contribution in [-0.2, 0) is 10.0 Å².